The van der Waals surface area contributed by atoms with E-state index >= 15 is 0 Å². The standard InChI is InChI=1S/C25H29N5OS/c1-17-13-21(18(2)29(17)15-19-7-5-10-26-14-19)24-23(22-9-3-4-11-27-22)28-25(32)30(24)16-20-8-6-12-31-20/h3-5,7,9-11,13-14,20,23-24H,6,8,12,15-16H2,1-2H3,(H,28,32)/t20-,23-,24-/m0/s1. The second-order valence-corrected chi connectivity index (χ2v) is 9.07. The van der Waals surface area contributed by atoms with Crippen molar-refractivity contribution in [3.05, 3.63) is 83.2 Å². The predicted molar refractivity (Wildman–Crippen MR) is 128 cm³/mol. The van der Waals surface area contributed by atoms with Gasteiger partial charge in [-0.15, -0.1) is 0 Å². The molecule has 32 heavy (non-hydrogen) atoms. The molecule has 166 valence electrons. The molecule has 0 bridgehead atoms. The van der Waals surface area contributed by atoms with Gasteiger partial charge in [0.15, 0.2) is 5.11 Å². The molecule has 2 fully saturated rings. The molecule has 0 aliphatic carbocycles. The first-order chi connectivity index (χ1) is 15.6. The van der Waals surface area contributed by atoms with E-state index in [4.69, 9.17) is 17.0 Å². The van der Waals surface area contributed by atoms with Crippen LogP contribution in [0.4, 0.5) is 0 Å². The number of nitrogens with zero attached hydrogens (tertiary/aromatic N) is 4. The number of rotatable bonds is 6. The molecule has 1 N–H and O–H groups in total. The molecule has 3 atom stereocenters. The zero-order valence-electron chi connectivity index (χ0n) is 18.6. The number of pyridine rings is 2. The van der Waals surface area contributed by atoms with Crippen molar-refractivity contribution in [2.24, 2.45) is 0 Å². The largest absolute Gasteiger partial charge is 0.376 e. The highest BCUT2D eigenvalue weighted by molar-refractivity contribution is 7.80. The number of aromatic nitrogens is 3. The normalized spacial score (nSPS) is 23.0. The fraction of sp³-hybridized carbons (Fsp3) is 0.400. The average molecular weight is 448 g/mol. The Kier molecular flexibility index (Phi) is 5.93. The van der Waals surface area contributed by atoms with Crippen LogP contribution in [0.2, 0.25) is 0 Å². The molecule has 2 saturated heterocycles. The Morgan fingerprint density at radius 2 is 2.09 bits per heavy atom. The zero-order chi connectivity index (χ0) is 22.1. The molecule has 3 aromatic rings. The van der Waals surface area contributed by atoms with E-state index in [1.165, 1.54) is 22.5 Å². The number of hydrogen-bond donors (Lipinski definition) is 1. The van der Waals surface area contributed by atoms with E-state index in [1.807, 2.05) is 36.8 Å². The first kappa shape index (κ1) is 21.1. The smallest absolute Gasteiger partial charge is 0.170 e. The second kappa shape index (κ2) is 9.00. The third-order valence-corrected chi connectivity index (χ3v) is 6.97. The van der Waals surface area contributed by atoms with Crippen molar-refractivity contribution < 1.29 is 4.74 Å². The van der Waals surface area contributed by atoms with Crippen molar-refractivity contribution in [3.8, 4) is 0 Å². The SMILES string of the molecule is Cc1cc([C@H]2[C@H](c3ccccn3)NC(=S)N2C[C@@H]2CCCO2)c(C)n1Cc1cccnc1. The van der Waals surface area contributed by atoms with E-state index in [2.05, 4.69) is 56.8 Å². The van der Waals surface area contributed by atoms with Gasteiger partial charge in [0.2, 0.25) is 0 Å². The minimum atomic E-state index is -0.00237. The molecular weight excluding hydrogens is 418 g/mol. The molecule has 0 radical (unpaired) electrons. The summed E-state index contributed by atoms with van der Waals surface area (Å²) in [5.41, 5.74) is 5.97. The van der Waals surface area contributed by atoms with Gasteiger partial charge in [0.25, 0.3) is 0 Å². The second-order valence-electron chi connectivity index (χ2n) is 8.69. The van der Waals surface area contributed by atoms with E-state index < -0.39 is 0 Å². The lowest BCUT2D eigenvalue weighted by Gasteiger charge is -2.30. The van der Waals surface area contributed by atoms with Gasteiger partial charge < -0.3 is 19.5 Å². The number of thiocarbonyl (C=S) groups is 1. The van der Waals surface area contributed by atoms with E-state index in [0.717, 1.165) is 43.3 Å². The quantitative estimate of drug-likeness (QED) is 0.575. The molecule has 0 spiro atoms. The third-order valence-electron chi connectivity index (χ3n) is 6.62. The summed E-state index contributed by atoms with van der Waals surface area (Å²) in [4.78, 5) is 11.3. The Bertz CT molecular complexity index is 1080. The summed E-state index contributed by atoms with van der Waals surface area (Å²) in [7, 11) is 0. The molecule has 5 rings (SSSR count). The van der Waals surface area contributed by atoms with Gasteiger partial charge in [0, 0.05) is 49.7 Å². The molecule has 0 unspecified atom stereocenters. The van der Waals surface area contributed by atoms with Crippen molar-refractivity contribution in [3.63, 3.8) is 0 Å². The highest BCUT2D eigenvalue weighted by Crippen LogP contribution is 2.41. The van der Waals surface area contributed by atoms with Crippen molar-refractivity contribution in [1.82, 2.24) is 24.8 Å². The van der Waals surface area contributed by atoms with Crippen molar-refractivity contribution in [2.45, 2.75) is 51.4 Å². The van der Waals surface area contributed by atoms with Crippen LogP contribution in [0.25, 0.3) is 0 Å². The molecule has 6 nitrogen and oxygen atoms in total. The van der Waals surface area contributed by atoms with E-state index in [9.17, 15) is 0 Å². The summed E-state index contributed by atoms with van der Waals surface area (Å²) in [6, 6.07) is 12.6. The van der Waals surface area contributed by atoms with Crippen LogP contribution < -0.4 is 5.32 Å². The molecule has 0 saturated carbocycles. The zero-order valence-corrected chi connectivity index (χ0v) is 19.4. The molecule has 0 aromatic carbocycles. The molecule has 2 aliphatic heterocycles. The number of aryl methyl sites for hydroxylation is 1. The maximum Gasteiger partial charge on any atom is 0.170 e. The predicted octanol–water partition coefficient (Wildman–Crippen LogP) is 4.09. The summed E-state index contributed by atoms with van der Waals surface area (Å²) in [6.45, 7) is 6.82. The van der Waals surface area contributed by atoms with Crippen molar-refractivity contribution in [2.75, 3.05) is 13.2 Å². The fourth-order valence-corrected chi connectivity index (χ4v) is 5.31. The Morgan fingerprint density at radius 3 is 2.81 bits per heavy atom. The Hall–Kier alpha value is -2.77. The first-order valence-corrected chi connectivity index (χ1v) is 11.7. The summed E-state index contributed by atoms with van der Waals surface area (Å²) in [5, 5.41) is 4.34. The summed E-state index contributed by atoms with van der Waals surface area (Å²) >= 11 is 5.83. The van der Waals surface area contributed by atoms with E-state index in [0.29, 0.717) is 0 Å². The minimum absolute atomic E-state index is 0.00237. The lowest BCUT2D eigenvalue weighted by Crippen LogP contribution is -2.36. The van der Waals surface area contributed by atoms with Crippen LogP contribution in [0.5, 0.6) is 0 Å². The molecule has 3 aromatic heterocycles. The molecule has 2 aliphatic rings. The maximum absolute atomic E-state index is 5.97. The van der Waals surface area contributed by atoms with Crippen molar-refractivity contribution in [1.29, 1.82) is 0 Å². The Morgan fingerprint density at radius 1 is 1.19 bits per heavy atom. The molecular formula is C25H29N5OS. The van der Waals surface area contributed by atoms with Crippen LogP contribution in [-0.2, 0) is 11.3 Å². The lowest BCUT2D eigenvalue weighted by molar-refractivity contribution is 0.0842. The number of hydrogen-bond acceptors (Lipinski definition) is 4. The topological polar surface area (TPSA) is 55.2 Å². The van der Waals surface area contributed by atoms with E-state index in [-0.39, 0.29) is 18.2 Å². The fourth-order valence-electron chi connectivity index (χ4n) is 4.99. The highest BCUT2D eigenvalue weighted by atomic mass is 32.1. The Labute approximate surface area is 194 Å². The first-order valence-electron chi connectivity index (χ1n) is 11.3. The van der Waals surface area contributed by atoms with Crippen LogP contribution >= 0.6 is 12.2 Å². The monoisotopic (exact) mass is 447 g/mol. The van der Waals surface area contributed by atoms with Crippen LogP contribution in [-0.4, -0.2) is 43.8 Å². The van der Waals surface area contributed by atoms with Crippen LogP contribution in [0.3, 0.4) is 0 Å². The van der Waals surface area contributed by atoms with E-state index in [1.54, 1.807) is 0 Å². The van der Waals surface area contributed by atoms with Gasteiger partial charge in [-0.25, -0.2) is 0 Å². The van der Waals surface area contributed by atoms with Crippen LogP contribution in [0.15, 0.2) is 55.0 Å². The lowest BCUT2D eigenvalue weighted by atomic mass is 9.96. The van der Waals surface area contributed by atoms with Gasteiger partial charge in [0.1, 0.15) is 0 Å². The highest BCUT2D eigenvalue weighted by Gasteiger charge is 2.42. The maximum atomic E-state index is 5.97. The summed E-state index contributed by atoms with van der Waals surface area (Å²) in [5.74, 6) is 0. The van der Waals surface area contributed by atoms with Gasteiger partial charge in [-0.1, -0.05) is 12.1 Å². The third kappa shape index (κ3) is 4.02. The van der Waals surface area contributed by atoms with Crippen molar-refractivity contribution >= 4 is 17.3 Å². The van der Waals surface area contributed by atoms with Crippen LogP contribution in [0, 0.1) is 13.8 Å². The number of ether oxygens (including phenoxy) is 1. The number of nitrogens with one attached hydrogen (secondary N) is 1. The van der Waals surface area contributed by atoms with Gasteiger partial charge in [-0.2, -0.15) is 0 Å². The summed E-state index contributed by atoms with van der Waals surface area (Å²) < 4.78 is 8.34. The van der Waals surface area contributed by atoms with Gasteiger partial charge in [-0.3, -0.25) is 9.97 Å². The van der Waals surface area contributed by atoms with Gasteiger partial charge >= 0.3 is 0 Å². The van der Waals surface area contributed by atoms with Gasteiger partial charge in [0.05, 0.1) is 23.9 Å². The van der Waals surface area contributed by atoms with Gasteiger partial charge in [-0.05, 0) is 74.3 Å². The summed E-state index contributed by atoms with van der Waals surface area (Å²) in [6.07, 6.45) is 8.03. The van der Waals surface area contributed by atoms with Crippen LogP contribution in [0.1, 0.15) is 53.1 Å². The Balaban J connectivity index is 1.53. The molecule has 7 heteroatoms. The molecule has 0 amide bonds. The minimum Gasteiger partial charge on any atom is -0.376 e. The average Bonchev–Trinajstić information content (AvgIpc) is 3.51. The molecule has 5 heterocycles.